The summed E-state index contributed by atoms with van der Waals surface area (Å²) in [4.78, 5) is 27.5. The zero-order valence-corrected chi connectivity index (χ0v) is 18.7. The van der Waals surface area contributed by atoms with Gasteiger partial charge in [0, 0.05) is 23.8 Å². The van der Waals surface area contributed by atoms with Gasteiger partial charge in [-0.25, -0.2) is 0 Å². The lowest BCUT2D eigenvalue weighted by Crippen LogP contribution is -2.40. The summed E-state index contributed by atoms with van der Waals surface area (Å²) >= 11 is 5.97. The van der Waals surface area contributed by atoms with Gasteiger partial charge in [0.25, 0.3) is 0 Å². The van der Waals surface area contributed by atoms with Crippen molar-refractivity contribution in [3.05, 3.63) is 64.7 Å². The summed E-state index contributed by atoms with van der Waals surface area (Å²) in [6.45, 7) is 4.79. The molecule has 2 fully saturated rings. The largest absolute Gasteiger partial charge is 0.465 e. The Morgan fingerprint density at radius 1 is 1.13 bits per heavy atom. The molecule has 1 saturated heterocycles. The molecular weight excluding hydrogens is 412 g/mol. The molecule has 6 heteroatoms. The minimum absolute atomic E-state index is 0.0324. The highest BCUT2D eigenvalue weighted by Crippen LogP contribution is 2.49. The highest BCUT2D eigenvalue weighted by atomic mass is 35.5. The number of carbonyl (C=O) groups excluding carboxylic acids is 2. The molecule has 0 radical (unpaired) electrons. The van der Waals surface area contributed by atoms with Gasteiger partial charge in [-0.3, -0.25) is 14.5 Å². The number of halogens is 1. The number of piperidine rings is 1. The van der Waals surface area contributed by atoms with Crippen LogP contribution in [0.3, 0.4) is 0 Å². The number of hydrogen-bond acceptors (Lipinski definition) is 4. The van der Waals surface area contributed by atoms with Crippen LogP contribution < -0.4 is 5.32 Å². The van der Waals surface area contributed by atoms with Crippen LogP contribution in [0.5, 0.6) is 0 Å². The normalized spacial score (nSPS) is 20.1. The molecule has 31 heavy (non-hydrogen) atoms. The van der Waals surface area contributed by atoms with Crippen molar-refractivity contribution >= 4 is 29.2 Å². The van der Waals surface area contributed by atoms with E-state index in [2.05, 4.69) is 10.2 Å². The fourth-order valence-electron chi connectivity index (χ4n) is 4.38. The van der Waals surface area contributed by atoms with Gasteiger partial charge >= 0.3 is 5.97 Å². The van der Waals surface area contributed by atoms with Crippen molar-refractivity contribution in [2.45, 2.75) is 44.6 Å². The van der Waals surface area contributed by atoms with Crippen molar-refractivity contribution < 1.29 is 14.3 Å². The Bertz CT molecular complexity index is 923. The summed E-state index contributed by atoms with van der Waals surface area (Å²) in [6.07, 6.45) is 3.55. The summed E-state index contributed by atoms with van der Waals surface area (Å²) < 4.78 is 5.24. The Morgan fingerprint density at radius 2 is 1.84 bits per heavy atom. The number of hydrogen-bond donors (Lipinski definition) is 1. The number of amides is 1. The molecule has 1 aliphatic carbocycles. The molecule has 0 spiro atoms. The first-order chi connectivity index (χ1) is 15.0. The van der Waals surface area contributed by atoms with Gasteiger partial charge < -0.3 is 10.1 Å². The third-order valence-corrected chi connectivity index (χ3v) is 6.57. The van der Waals surface area contributed by atoms with Crippen molar-refractivity contribution in [2.24, 2.45) is 5.92 Å². The number of carbonyl (C=O) groups is 2. The van der Waals surface area contributed by atoms with Crippen molar-refractivity contribution in [3.8, 4) is 0 Å². The van der Waals surface area contributed by atoms with E-state index in [9.17, 15) is 9.59 Å². The smallest absolute Gasteiger partial charge is 0.316 e. The van der Waals surface area contributed by atoms with E-state index in [1.165, 1.54) is 5.56 Å². The summed E-state index contributed by atoms with van der Waals surface area (Å²) in [7, 11) is 0. The summed E-state index contributed by atoms with van der Waals surface area (Å²) in [5, 5.41) is 3.79. The highest BCUT2D eigenvalue weighted by Gasteiger charge is 2.52. The van der Waals surface area contributed by atoms with Crippen LogP contribution in [0.25, 0.3) is 0 Å². The first-order valence-electron chi connectivity index (χ1n) is 11.1. The molecule has 2 aromatic carbocycles. The number of esters is 1. The number of likely N-dealkylation sites (tertiary alicyclic amines) is 1. The van der Waals surface area contributed by atoms with Crippen LogP contribution >= 0.6 is 11.6 Å². The van der Waals surface area contributed by atoms with Gasteiger partial charge in [0.1, 0.15) is 0 Å². The molecule has 1 saturated carbocycles. The van der Waals surface area contributed by atoms with Crippen molar-refractivity contribution in [1.82, 2.24) is 4.90 Å². The van der Waals surface area contributed by atoms with Crippen LogP contribution in [0.2, 0.25) is 5.02 Å². The number of anilines is 1. The van der Waals surface area contributed by atoms with Crippen LogP contribution in [0, 0.1) is 5.92 Å². The van der Waals surface area contributed by atoms with Crippen LogP contribution in [0.1, 0.15) is 43.7 Å². The van der Waals surface area contributed by atoms with Crippen molar-refractivity contribution in [2.75, 3.05) is 25.0 Å². The van der Waals surface area contributed by atoms with Crippen LogP contribution in [-0.4, -0.2) is 36.5 Å². The number of nitrogens with zero attached hydrogens (tertiary/aromatic N) is 1. The topological polar surface area (TPSA) is 58.6 Å². The molecule has 5 nitrogen and oxygen atoms in total. The molecule has 0 bridgehead atoms. The van der Waals surface area contributed by atoms with Crippen molar-refractivity contribution in [1.29, 1.82) is 0 Å². The number of nitrogens with one attached hydrogen (secondary N) is 1. The summed E-state index contributed by atoms with van der Waals surface area (Å²) in [5.41, 5.74) is 2.46. The second-order valence-corrected chi connectivity index (χ2v) is 9.01. The molecule has 2 aromatic rings. The van der Waals surface area contributed by atoms with Gasteiger partial charge in [0.2, 0.25) is 5.91 Å². The fraction of sp³-hybridized carbons (Fsp3) is 0.440. The van der Waals surface area contributed by atoms with Crippen LogP contribution in [-0.2, 0) is 26.3 Å². The Morgan fingerprint density at radius 3 is 2.48 bits per heavy atom. The molecule has 2 aliphatic rings. The second-order valence-electron chi connectivity index (χ2n) is 8.57. The lowest BCUT2D eigenvalue weighted by Gasteiger charge is -2.32. The first-order valence-corrected chi connectivity index (χ1v) is 11.4. The van der Waals surface area contributed by atoms with E-state index < -0.39 is 5.41 Å². The highest BCUT2D eigenvalue weighted by molar-refractivity contribution is 6.30. The zero-order valence-electron chi connectivity index (χ0n) is 17.9. The number of ether oxygens (including phenoxy) is 1. The van der Waals surface area contributed by atoms with Gasteiger partial charge in [-0.1, -0.05) is 35.9 Å². The lowest BCUT2D eigenvalue weighted by atomic mass is 9.95. The van der Waals surface area contributed by atoms with E-state index in [0.29, 0.717) is 6.61 Å². The molecule has 1 amide bonds. The van der Waals surface area contributed by atoms with Gasteiger partial charge in [-0.15, -0.1) is 0 Å². The SMILES string of the molecule is CCOC(=O)C1(c2ccc(NC(=O)[C@H]3CCCN(Cc4ccc(Cl)cc4)C3)cc2)CC1. The maximum atomic E-state index is 12.9. The Hall–Kier alpha value is -2.37. The second kappa shape index (κ2) is 9.41. The zero-order chi connectivity index (χ0) is 21.8. The minimum Gasteiger partial charge on any atom is -0.465 e. The molecule has 1 N–H and O–H groups in total. The Kier molecular flexibility index (Phi) is 6.63. The molecule has 0 unspecified atom stereocenters. The lowest BCUT2D eigenvalue weighted by molar-refractivity contribution is -0.146. The molecule has 164 valence electrons. The Balaban J connectivity index is 1.33. The maximum Gasteiger partial charge on any atom is 0.316 e. The number of benzene rings is 2. The van der Waals surface area contributed by atoms with Gasteiger partial charge in [0.05, 0.1) is 17.9 Å². The number of rotatable bonds is 7. The third-order valence-electron chi connectivity index (χ3n) is 6.32. The monoisotopic (exact) mass is 440 g/mol. The van der Waals surface area contributed by atoms with E-state index in [4.69, 9.17) is 16.3 Å². The molecule has 4 rings (SSSR count). The average molecular weight is 441 g/mol. The van der Waals surface area contributed by atoms with Gasteiger partial charge in [0.15, 0.2) is 0 Å². The average Bonchev–Trinajstić information content (AvgIpc) is 3.58. The van der Waals surface area contributed by atoms with E-state index in [0.717, 1.165) is 61.6 Å². The fourth-order valence-corrected chi connectivity index (χ4v) is 4.51. The molecular formula is C25H29ClN2O3. The van der Waals surface area contributed by atoms with E-state index >= 15 is 0 Å². The van der Waals surface area contributed by atoms with Crippen molar-refractivity contribution in [3.63, 3.8) is 0 Å². The first kappa shape index (κ1) is 21.8. The van der Waals surface area contributed by atoms with E-state index in [1.807, 2.05) is 55.5 Å². The molecule has 1 aliphatic heterocycles. The van der Waals surface area contributed by atoms with Crippen LogP contribution in [0.15, 0.2) is 48.5 Å². The maximum absolute atomic E-state index is 12.9. The molecule has 1 heterocycles. The molecule has 1 atom stereocenters. The van der Waals surface area contributed by atoms with Gasteiger partial charge in [-0.2, -0.15) is 0 Å². The minimum atomic E-state index is -0.482. The Labute approximate surface area is 188 Å². The van der Waals surface area contributed by atoms with Crippen LogP contribution in [0.4, 0.5) is 5.69 Å². The van der Waals surface area contributed by atoms with E-state index in [-0.39, 0.29) is 17.8 Å². The summed E-state index contributed by atoms with van der Waals surface area (Å²) in [6, 6.07) is 15.5. The summed E-state index contributed by atoms with van der Waals surface area (Å²) in [5.74, 6) is -0.120. The predicted molar refractivity (Wildman–Crippen MR) is 122 cm³/mol. The standard InChI is InChI=1S/C25H29ClN2O3/c1-2-31-24(30)25(13-14-25)20-7-11-22(12-8-20)27-23(29)19-4-3-15-28(17-19)16-18-5-9-21(26)10-6-18/h5-12,19H,2-4,13-17H2,1H3,(H,27,29)/t19-/m0/s1. The third kappa shape index (κ3) is 5.10. The van der Waals surface area contributed by atoms with Gasteiger partial charge in [-0.05, 0) is 74.5 Å². The molecule has 0 aromatic heterocycles. The predicted octanol–water partition coefficient (Wildman–Crippen LogP) is 4.79. The van der Waals surface area contributed by atoms with E-state index in [1.54, 1.807) is 0 Å². The quantitative estimate of drug-likeness (QED) is 0.629.